The van der Waals surface area contributed by atoms with Gasteiger partial charge in [0.25, 0.3) is 5.91 Å². The van der Waals surface area contributed by atoms with Gasteiger partial charge in [-0.1, -0.05) is 23.4 Å². The molecule has 0 unspecified atom stereocenters. The fourth-order valence-corrected chi connectivity index (χ4v) is 2.55. The van der Waals surface area contributed by atoms with Crippen molar-refractivity contribution >= 4 is 17.2 Å². The topological polar surface area (TPSA) is 106 Å². The zero-order chi connectivity index (χ0) is 20.1. The van der Waals surface area contributed by atoms with Crippen molar-refractivity contribution in [3.63, 3.8) is 0 Å². The molecule has 8 nitrogen and oxygen atoms in total. The van der Waals surface area contributed by atoms with E-state index in [1.807, 2.05) is 37.3 Å². The van der Waals surface area contributed by atoms with Crippen LogP contribution in [-0.4, -0.2) is 37.1 Å². The summed E-state index contributed by atoms with van der Waals surface area (Å²) in [6.07, 6.45) is 3.35. The summed E-state index contributed by atoms with van der Waals surface area (Å²) in [5.74, 6) is 0.423. The minimum atomic E-state index is -0.245. The van der Waals surface area contributed by atoms with Crippen LogP contribution < -0.4 is 5.32 Å². The van der Waals surface area contributed by atoms with Crippen LogP contribution in [0.2, 0.25) is 0 Å². The van der Waals surface area contributed by atoms with Gasteiger partial charge in [-0.25, -0.2) is 9.97 Å². The zero-order valence-electron chi connectivity index (χ0n) is 16.0. The number of fused-ring (bicyclic) bond motifs is 1. The fraction of sp³-hybridized carbons (Fsp3) is 0.150. The summed E-state index contributed by atoms with van der Waals surface area (Å²) in [7, 11) is 0. The predicted octanol–water partition coefficient (Wildman–Crippen LogP) is 3.12. The molecule has 3 heterocycles. The van der Waals surface area contributed by atoms with Gasteiger partial charge in [-0.2, -0.15) is 0 Å². The maximum Gasteiger partial charge on any atom is 0.274 e. The molecule has 3 aromatic heterocycles. The van der Waals surface area contributed by atoms with Crippen molar-refractivity contribution in [1.29, 1.82) is 0 Å². The average Bonchev–Trinajstić information content (AvgIpc) is 3.30. The number of hydrogen-bond donors (Lipinski definition) is 2. The molecule has 29 heavy (non-hydrogen) atoms. The van der Waals surface area contributed by atoms with E-state index < -0.39 is 0 Å². The van der Waals surface area contributed by atoms with Crippen molar-refractivity contribution in [2.45, 2.75) is 13.8 Å². The summed E-state index contributed by atoms with van der Waals surface area (Å²) in [6, 6.07) is 11.1. The van der Waals surface area contributed by atoms with Gasteiger partial charge < -0.3 is 21.9 Å². The number of aliphatic hydroxyl groups is 1. The van der Waals surface area contributed by atoms with E-state index in [1.54, 1.807) is 29.8 Å². The molecule has 2 N–H and O–H groups in total. The summed E-state index contributed by atoms with van der Waals surface area (Å²) in [6.45, 7) is 7.44. The third-order valence-electron chi connectivity index (χ3n) is 3.86. The largest absolute Gasteiger partial charge is 0.397 e. The molecule has 0 bridgehead atoms. The molecule has 0 aliphatic rings. The Kier molecular flexibility index (Phi) is 7.56. The standard InChI is InChI=1S/C18H14N5O2.C2H6O.Cr/c1-11-6-7-13(17-20-12(2)25-22-17)9-14(11)21-18(24)15-10-19-16-5-3-4-8-23(15)16;1-2-3;/h3-10H,2H2,1H3,(H,21,24);3H,2H2,1H3;/q-1;;. The Hall–Kier alpha value is -3.12. The molecular weight excluding hydrogens is 410 g/mol. The van der Waals surface area contributed by atoms with E-state index in [9.17, 15) is 4.79 Å². The van der Waals surface area contributed by atoms with Gasteiger partial charge in [0, 0.05) is 41.4 Å². The summed E-state index contributed by atoms with van der Waals surface area (Å²) in [5, 5.41) is 14.3. The Morgan fingerprint density at radius 3 is 2.76 bits per heavy atom. The molecule has 0 aliphatic heterocycles. The smallest absolute Gasteiger partial charge is 0.274 e. The number of nitrogens with one attached hydrogen (secondary N) is 1. The number of aryl methyl sites for hydroxylation is 1. The van der Waals surface area contributed by atoms with E-state index in [-0.39, 0.29) is 35.8 Å². The second-order valence-electron chi connectivity index (χ2n) is 5.88. The molecule has 150 valence electrons. The van der Waals surface area contributed by atoms with E-state index in [1.165, 1.54) is 0 Å². The van der Waals surface area contributed by atoms with Crippen LogP contribution in [0, 0.1) is 13.8 Å². The Morgan fingerprint density at radius 1 is 1.31 bits per heavy atom. The minimum Gasteiger partial charge on any atom is -0.397 e. The SMILES string of the molecule is CCO.[CH2-]c1nc(-c2ccc(C)c(NC(=O)c3cnc4ccccn34)c2)no1.[Cr]. The number of hydrogen-bond acceptors (Lipinski definition) is 6. The second-order valence-corrected chi connectivity index (χ2v) is 5.88. The van der Waals surface area contributed by atoms with E-state index in [2.05, 4.69) is 27.4 Å². The number of benzene rings is 1. The number of nitrogens with zero attached hydrogens (tertiary/aromatic N) is 4. The van der Waals surface area contributed by atoms with Crippen LogP contribution in [-0.2, 0) is 17.4 Å². The first-order valence-electron chi connectivity index (χ1n) is 8.64. The van der Waals surface area contributed by atoms with Crippen LogP contribution in [0.3, 0.4) is 0 Å². The molecule has 0 saturated carbocycles. The average molecular weight is 430 g/mol. The number of carbonyl (C=O) groups is 1. The Labute approximate surface area is 178 Å². The number of pyridine rings is 1. The number of amides is 1. The van der Waals surface area contributed by atoms with Gasteiger partial charge >= 0.3 is 0 Å². The third kappa shape index (κ3) is 5.03. The van der Waals surface area contributed by atoms with E-state index in [4.69, 9.17) is 9.63 Å². The molecule has 0 spiro atoms. The molecule has 1 aromatic carbocycles. The molecule has 0 aliphatic carbocycles. The number of anilines is 1. The number of carbonyl (C=O) groups excluding carboxylic acids is 1. The third-order valence-corrected chi connectivity index (χ3v) is 3.86. The summed E-state index contributed by atoms with van der Waals surface area (Å²) >= 11 is 0. The van der Waals surface area contributed by atoms with E-state index >= 15 is 0 Å². The summed E-state index contributed by atoms with van der Waals surface area (Å²) in [5.41, 5.74) is 3.50. The van der Waals surface area contributed by atoms with Crippen LogP contribution >= 0.6 is 0 Å². The summed E-state index contributed by atoms with van der Waals surface area (Å²) < 4.78 is 6.64. The monoisotopic (exact) mass is 430 g/mol. The maximum atomic E-state index is 12.7. The molecule has 4 aromatic rings. The summed E-state index contributed by atoms with van der Waals surface area (Å²) in [4.78, 5) is 21.0. The molecule has 9 heteroatoms. The number of rotatable bonds is 3. The van der Waals surface area contributed by atoms with Crippen molar-refractivity contribution in [3.05, 3.63) is 72.9 Å². The van der Waals surface area contributed by atoms with Gasteiger partial charge in [-0.05, 0) is 37.6 Å². The van der Waals surface area contributed by atoms with Gasteiger partial charge in [0.15, 0.2) is 5.82 Å². The number of aromatic nitrogens is 4. The van der Waals surface area contributed by atoms with Crippen molar-refractivity contribution < 1.29 is 31.8 Å². The first kappa shape index (κ1) is 22.2. The van der Waals surface area contributed by atoms with Crippen LogP contribution in [0.25, 0.3) is 17.0 Å². The Balaban J connectivity index is 0.000000708. The van der Waals surface area contributed by atoms with Crippen molar-refractivity contribution in [3.8, 4) is 11.4 Å². The van der Waals surface area contributed by atoms with Gasteiger partial charge in [0.1, 0.15) is 11.3 Å². The van der Waals surface area contributed by atoms with E-state index in [0.29, 0.717) is 22.9 Å². The first-order valence-corrected chi connectivity index (χ1v) is 8.64. The molecule has 0 saturated heterocycles. The molecule has 4 rings (SSSR count). The fourth-order valence-electron chi connectivity index (χ4n) is 2.55. The van der Waals surface area contributed by atoms with Crippen LogP contribution in [0.5, 0.6) is 0 Å². The van der Waals surface area contributed by atoms with Gasteiger partial charge in [-0.3, -0.25) is 9.20 Å². The number of aliphatic hydroxyl groups excluding tert-OH is 1. The molecule has 0 radical (unpaired) electrons. The van der Waals surface area contributed by atoms with Crippen LogP contribution in [0.15, 0.2) is 53.3 Å². The van der Waals surface area contributed by atoms with Gasteiger partial charge in [0.05, 0.1) is 12.1 Å². The van der Waals surface area contributed by atoms with Crippen LogP contribution in [0.4, 0.5) is 5.69 Å². The quantitative estimate of drug-likeness (QED) is 0.484. The van der Waals surface area contributed by atoms with Crippen molar-refractivity contribution in [2.24, 2.45) is 0 Å². The molecule has 1 amide bonds. The Bertz CT molecular complexity index is 1110. The van der Waals surface area contributed by atoms with E-state index in [0.717, 1.165) is 11.1 Å². The first-order chi connectivity index (χ1) is 13.5. The van der Waals surface area contributed by atoms with Gasteiger partial charge in [-0.15, -0.1) is 0 Å². The maximum absolute atomic E-state index is 12.7. The predicted molar refractivity (Wildman–Crippen MR) is 105 cm³/mol. The second kappa shape index (κ2) is 9.89. The zero-order valence-corrected chi connectivity index (χ0v) is 17.3. The Morgan fingerprint density at radius 2 is 2.07 bits per heavy atom. The minimum absolute atomic E-state index is 0. The van der Waals surface area contributed by atoms with Crippen molar-refractivity contribution in [1.82, 2.24) is 19.5 Å². The number of imidazole rings is 1. The van der Waals surface area contributed by atoms with Crippen molar-refractivity contribution in [2.75, 3.05) is 11.9 Å². The molecular formula is C20H20CrN5O3-. The van der Waals surface area contributed by atoms with Gasteiger partial charge in [0.2, 0.25) is 0 Å². The molecule has 0 atom stereocenters. The molecule has 0 fully saturated rings. The van der Waals surface area contributed by atoms with Crippen LogP contribution in [0.1, 0.15) is 28.9 Å². The normalized spacial score (nSPS) is 10.0.